The smallest absolute Gasteiger partial charge is 0.0289 e. The number of hydrogen-bond acceptors (Lipinski definition) is 3. The second-order valence-electron chi connectivity index (χ2n) is 4.09. The van der Waals surface area contributed by atoms with E-state index < -0.39 is 0 Å². The molecule has 1 aromatic heterocycles. The number of hydrogen-bond donors (Lipinski definition) is 2. The van der Waals surface area contributed by atoms with Gasteiger partial charge >= 0.3 is 0 Å². The molecule has 0 amide bonds. The van der Waals surface area contributed by atoms with Crippen LogP contribution in [-0.2, 0) is 6.42 Å². The summed E-state index contributed by atoms with van der Waals surface area (Å²) >= 11 is 5.26. The number of nitrogens with two attached hydrogens (primary N) is 1. The fourth-order valence-corrected chi connectivity index (χ4v) is 3.43. The van der Waals surface area contributed by atoms with Gasteiger partial charge in [-0.1, -0.05) is 6.92 Å². The molecule has 0 saturated heterocycles. The van der Waals surface area contributed by atoms with Crippen LogP contribution in [-0.4, -0.2) is 6.04 Å². The first-order valence-corrected chi connectivity index (χ1v) is 6.57. The molecule has 1 fully saturated rings. The number of thiophene rings is 1. The molecule has 14 heavy (non-hydrogen) atoms. The number of nitrogens with one attached hydrogen (secondary N) is 1. The molecule has 4 heteroatoms. The maximum Gasteiger partial charge on any atom is 0.0289 e. The van der Waals surface area contributed by atoms with Crippen LogP contribution in [0.1, 0.15) is 18.2 Å². The zero-order chi connectivity index (χ0) is 10.1. The third-order valence-electron chi connectivity index (χ3n) is 2.95. The van der Waals surface area contributed by atoms with Crippen LogP contribution < -0.4 is 11.3 Å². The molecule has 2 nitrogen and oxygen atoms in total. The highest BCUT2D eigenvalue weighted by Crippen LogP contribution is 2.41. The molecule has 78 valence electrons. The van der Waals surface area contributed by atoms with Gasteiger partial charge in [0, 0.05) is 20.8 Å². The Balaban J connectivity index is 1.94. The maximum absolute atomic E-state index is 5.57. The summed E-state index contributed by atoms with van der Waals surface area (Å²) in [5.41, 5.74) is 2.94. The van der Waals surface area contributed by atoms with Crippen molar-refractivity contribution < 1.29 is 0 Å². The minimum Gasteiger partial charge on any atom is -0.271 e. The van der Waals surface area contributed by atoms with Gasteiger partial charge in [0.1, 0.15) is 0 Å². The van der Waals surface area contributed by atoms with Gasteiger partial charge in [0.15, 0.2) is 0 Å². The molecule has 1 aromatic rings. The van der Waals surface area contributed by atoms with E-state index in [1.54, 1.807) is 11.3 Å². The van der Waals surface area contributed by atoms with Crippen molar-refractivity contribution in [2.45, 2.75) is 25.8 Å². The van der Waals surface area contributed by atoms with Crippen LogP contribution in [0, 0.1) is 11.8 Å². The first-order valence-electron chi connectivity index (χ1n) is 4.89. The lowest BCUT2D eigenvalue weighted by atomic mass is 10.1. The third kappa shape index (κ3) is 2.37. The quantitative estimate of drug-likeness (QED) is 0.654. The SMILES string of the molecule is CC1CC1C(Cc1cc(Br)cs1)NN. The van der Waals surface area contributed by atoms with Gasteiger partial charge in [0.25, 0.3) is 0 Å². The minimum atomic E-state index is 0.454. The van der Waals surface area contributed by atoms with Crippen molar-refractivity contribution in [1.82, 2.24) is 5.43 Å². The van der Waals surface area contributed by atoms with Gasteiger partial charge in [-0.2, -0.15) is 0 Å². The van der Waals surface area contributed by atoms with Crippen LogP contribution >= 0.6 is 27.3 Å². The highest BCUT2D eigenvalue weighted by atomic mass is 79.9. The first kappa shape index (κ1) is 10.6. The van der Waals surface area contributed by atoms with E-state index in [1.807, 2.05) is 0 Å². The maximum atomic E-state index is 5.57. The average molecular weight is 275 g/mol. The Kier molecular flexibility index (Phi) is 3.27. The topological polar surface area (TPSA) is 38.0 Å². The number of hydrazine groups is 1. The van der Waals surface area contributed by atoms with E-state index in [2.05, 4.69) is 39.7 Å². The molecule has 0 spiro atoms. The van der Waals surface area contributed by atoms with E-state index in [0.717, 1.165) is 18.3 Å². The molecular formula is C10H15BrN2S. The molecule has 0 radical (unpaired) electrons. The minimum absolute atomic E-state index is 0.454. The van der Waals surface area contributed by atoms with Crippen LogP contribution in [0.25, 0.3) is 0 Å². The summed E-state index contributed by atoms with van der Waals surface area (Å²) < 4.78 is 1.18. The Bertz CT molecular complexity index is 313. The van der Waals surface area contributed by atoms with Crippen molar-refractivity contribution in [2.24, 2.45) is 17.7 Å². The Morgan fingerprint density at radius 1 is 1.79 bits per heavy atom. The molecule has 0 aliphatic heterocycles. The number of rotatable bonds is 4. The third-order valence-corrected chi connectivity index (χ3v) is 4.67. The average Bonchev–Trinajstić information content (AvgIpc) is 2.72. The van der Waals surface area contributed by atoms with E-state index in [4.69, 9.17) is 5.84 Å². The van der Waals surface area contributed by atoms with Crippen molar-refractivity contribution in [1.29, 1.82) is 0 Å². The normalized spacial score (nSPS) is 27.6. The fraction of sp³-hybridized carbons (Fsp3) is 0.600. The first-order chi connectivity index (χ1) is 6.70. The molecule has 1 aliphatic rings. The van der Waals surface area contributed by atoms with Gasteiger partial charge in [-0.25, -0.2) is 0 Å². The summed E-state index contributed by atoms with van der Waals surface area (Å²) in [7, 11) is 0. The van der Waals surface area contributed by atoms with Gasteiger partial charge in [0.05, 0.1) is 0 Å². The lowest BCUT2D eigenvalue weighted by Gasteiger charge is -2.13. The number of halogens is 1. The summed E-state index contributed by atoms with van der Waals surface area (Å²) in [5, 5.41) is 2.12. The van der Waals surface area contributed by atoms with Crippen molar-refractivity contribution in [3.05, 3.63) is 20.8 Å². The van der Waals surface area contributed by atoms with E-state index in [1.165, 1.54) is 15.8 Å². The summed E-state index contributed by atoms with van der Waals surface area (Å²) in [6, 6.07) is 2.64. The predicted octanol–water partition coefficient (Wildman–Crippen LogP) is 2.54. The lowest BCUT2D eigenvalue weighted by Crippen LogP contribution is -2.38. The van der Waals surface area contributed by atoms with Crippen molar-refractivity contribution >= 4 is 27.3 Å². The zero-order valence-corrected chi connectivity index (χ0v) is 10.6. The van der Waals surface area contributed by atoms with Crippen LogP contribution in [0.5, 0.6) is 0 Å². The fourth-order valence-electron chi connectivity index (χ4n) is 1.92. The molecule has 3 unspecified atom stereocenters. The van der Waals surface area contributed by atoms with Gasteiger partial charge in [-0.15, -0.1) is 11.3 Å². The summed E-state index contributed by atoms with van der Waals surface area (Å²) in [6.07, 6.45) is 2.38. The van der Waals surface area contributed by atoms with E-state index in [0.29, 0.717) is 6.04 Å². The van der Waals surface area contributed by atoms with E-state index in [-0.39, 0.29) is 0 Å². The predicted molar refractivity (Wildman–Crippen MR) is 64.1 cm³/mol. The molecule has 1 aliphatic carbocycles. The van der Waals surface area contributed by atoms with E-state index >= 15 is 0 Å². The van der Waals surface area contributed by atoms with Gasteiger partial charge in [-0.05, 0) is 46.7 Å². The monoisotopic (exact) mass is 274 g/mol. The van der Waals surface area contributed by atoms with Crippen molar-refractivity contribution in [3.63, 3.8) is 0 Å². The molecule has 0 aromatic carbocycles. The Labute approximate surface area is 97.0 Å². The largest absolute Gasteiger partial charge is 0.271 e. The second kappa shape index (κ2) is 4.31. The van der Waals surface area contributed by atoms with Gasteiger partial charge in [-0.3, -0.25) is 11.3 Å². The summed E-state index contributed by atoms with van der Waals surface area (Å²) in [5.74, 6) is 7.20. The molecule has 1 saturated carbocycles. The Morgan fingerprint density at radius 3 is 2.93 bits per heavy atom. The highest BCUT2D eigenvalue weighted by Gasteiger charge is 2.38. The van der Waals surface area contributed by atoms with Gasteiger partial charge in [0.2, 0.25) is 0 Å². The summed E-state index contributed by atoms with van der Waals surface area (Å²) in [6.45, 7) is 2.29. The van der Waals surface area contributed by atoms with Crippen molar-refractivity contribution in [2.75, 3.05) is 0 Å². The Morgan fingerprint density at radius 2 is 2.50 bits per heavy atom. The molecule has 3 atom stereocenters. The van der Waals surface area contributed by atoms with E-state index in [9.17, 15) is 0 Å². The molecule has 2 rings (SSSR count). The van der Waals surface area contributed by atoms with Gasteiger partial charge < -0.3 is 0 Å². The second-order valence-corrected chi connectivity index (χ2v) is 6.00. The van der Waals surface area contributed by atoms with Crippen LogP contribution in [0.3, 0.4) is 0 Å². The molecule has 3 N–H and O–H groups in total. The molecule has 1 heterocycles. The highest BCUT2D eigenvalue weighted by molar-refractivity contribution is 9.10. The van der Waals surface area contributed by atoms with Crippen molar-refractivity contribution in [3.8, 4) is 0 Å². The van der Waals surface area contributed by atoms with Crippen LogP contribution in [0.2, 0.25) is 0 Å². The molecular weight excluding hydrogens is 260 g/mol. The van der Waals surface area contributed by atoms with Crippen LogP contribution in [0.15, 0.2) is 15.9 Å². The molecule has 0 bridgehead atoms. The zero-order valence-electron chi connectivity index (χ0n) is 8.16. The standard InChI is InChI=1S/C10H15BrN2S/c1-6-2-9(6)10(13-12)4-8-3-7(11)5-14-8/h3,5-6,9-10,13H,2,4,12H2,1H3. The van der Waals surface area contributed by atoms with Crippen LogP contribution in [0.4, 0.5) is 0 Å². The summed E-state index contributed by atoms with van der Waals surface area (Å²) in [4.78, 5) is 1.40. The lowest BCUT2D eigenvalue weighted by molar-refractivity contribution is 0.456. The Hall–Kier alpha value is 0.1000.